The van der Waals surface area contributed by atoms with Gasteiger partial charge in [-0.15, -0.1) is 0 Å². The lowest BCUT2D eigenvalue weighted by Gasteiger charge is -2.33. The zero-order valence-electron chi connectivity index (χ0n) is 19.7. The number of para-hydroxylation sites is 1. The number of oxime groups is 1. The molecule has 0 bridgehead atoms. The third-order valence-corrected chi connectivity index (χ3v) is 6.94. The highest BCUT2D eigenvalue weighted by Gasteiger charge is 2.53. The van der Waals surface area contributed by atoms with Crippen molar-refractivity contribution in [1.82, 2.24) is 4.90 Å². The van der Waals surface area contributed by atoms with E-state index in [1.165, 1.54) is 61.4 Å². The number of carbonyl (C=O) groups is 2. The second-order valence-corrected chi connectivity index (χ2v) is 9.60. The molecule has 37 heavy (non-hydrogen) atoms. The Morgan fingerprint density at radius 1 is 1.16 bits per heavy atom. The Morgan fingerprint density at radius 2 is 1.81 bits per heavy atom. The molecular weight excluding hydrogens is 522 g/mol. The summed E-state index contributed by atoms with van der Waals surface area (Å²) < 4.78 is 82.4. The number of ether oxygens (including phenoxy) is 1. The Morgan fingerprint density at radius 3 is 2.41 bits per heavy atom. The van der Waals surface area contributed by atoms with Crippen molar-refractivity contribution in [2.45, 2.75) is 31.3 Å². The molecule has 3 rings (SSSR count). The Bertz CT molecular complexity index is 1280. The average Bonchev–Trinajstić information content (AvgIpc) is 2.83. The smallest absolute Gasteiger partial charge is 0.449 e. The van der Waals surface area contributed by atoms with Crippen LogP contribution >= 0.6 is 0 Å². The number of alkyl halides is 3. The van der Waals surface area contributed by atoms with Gasteiger partial charge in [0.25, 0.3) is 5.91 Å². The Kier molecular flexibility index (Phi) is 8.41. The maximum Gasteiger partial charge on any atom is 0.517 e. The number of hydrogen-bond acceptors (Lipinski definition) is 7. The van der Waals surface area contributed by atoms with Gasteiger partial charge in [0.1, 0.15) is 12.9 Å². The zero-order valence-corrected chi connectivity index (χ0v) is 20.6. The van der Waals surface area contributed by atoms with Crippen molar-refractivity contribution in [1.29, 1.82) is 0 Å². The molecule has 2 amide bonds. The van der Waals surface area contributed by atoms with Crippen molar-refractivity contribution in [3.05, 3.63) is 65.5 Å². The van der Waals surface area contributed by atoms with E-state index in [-0.39, 0.29) is 31.0 Å². The third-order valence-electron chi connectivity index (χ3n) is 5.52. The van der Waals surface area contributed by atoms with E-state index in [0.717, 1.165) is 6.07 Å². The molecule has 0 radical (unpaired) electrons. The second kappa shape index (κ2) is 11.2. The summed E-state index contributed by atoms with van der Waals surface area (Å²) >= 11 is 0. The number of piperidine rings is 1. The minimum Gasteiger partial charge on any atom is -0.449 e. The predicted molar refractivity (Wildman–Crippen MR) is 125 cm³/mol. The molecule has 2 aromatic carbocycles. The van der Waals surface area contributed by atoms with Crippen LogP contribution in [-0.4, -0.2) is 56.8 Å². The molecule has 1 fully saturated rings. The molecular formula is C23H23F4N3O6S. The molecule has 200 valence electrons. The molecule has 1 aliphatic heterocycles. The first-order valence-corrected chi connectivity index (χ1v) is 12.4. The van der Waals surface area contributed by atoms with Gasteiger partial charge < -0.3 is 14.5 Å². The minimum absolute atomic E-state index is 0.0250. The van der Waals surface area contributed by atoms with Crippen molar-refractivity contribution in [2.24, 2.45) is 5.16 Å². The highest BCUT2D eigenvalue weighted by Crippen LogP contribution is 2.35. The van der Waals surface area contributed by atoms with Gasteiger partial charge in [0.05, 0.1) is 12.3 Å². The maximum atomic E-state index is 13.4. The number of rotatable bonds is 7. The summed E-state index contributed by atoms with van der Waals surface area (Å²) in [6, 6.07) is 10.4. The second-order valence-electron chi connectivity index (χ2n) is 7.82. The zero-order chi connectivity index (χ0) is 27.4. The van der Waals surface area contributed by atoms with Crippen LogP contribution in [0, 0.1) is 5.82 Å². The highest BCUT2D eigenvalue weighted by atomic mass is 32.2. The number of likely N-dealkylation sites (tertiary alicyclic amines) is 1. The van der Waals surface area contributed by atoms with Gasteiger partial charge in [0.2, 0.25) is 0 Å². The number of halogens is 4. The van der Waals surface area contributed by atoms with Crippen LogP contribution in [0.2, 0.25) is 0 Å². The van der Waals surface area contributed by atoms with Gasteiger partial charge in [-0.25, -0.2) is 9.18 Å². The molecule has 0 aromatic heterocycles. The Balaban J connectivity index is 1.98. The van der Waals surface area contributed by atoms with E-state index in [4.69, 9.17) is 4.84 Å². The van der Waals surface area contributed by atoms with Gasteiger partial charge in [-0.3, -0.25) is 4.79 Å². The number of carbonyl (C=O) groups excluding carboxylic acids is 2. The maximum absolute atomic E-state index is 13.4. The molecule has 0 N–H and O–H groups in total. The summed E-state index contributed by atoms with van der Waals surface area (Å²) in [4.78, 5) is 31.7. The lowest BCUT2D eigenvalue weighted by Crippen LogP contribution is -2.47. The lowest BCUT2D eigenvalue weighted by molar-refractivity contribution is -0.126. The largest absolute Gasteiger partial charge is 0.517 e. The highest BCUT2D eigenvalue weighted by molar-refractivity contribution is 7.94. The van der Waals surface area contributed by atoms with Crippen LogP contribution < -0.4 is 4.31 Å². The van der Waals surface area contributed by atoms with Crippen LogP contribution in [0.5, 0.6) is 0 Å². The van der Waals surface area contributed by atoms with E-state index in [2.05, 4.69) is 9.89 Å². The van der Waals surface area contributed by atoms with E-state index < -0.39 is 49.3 Å². The van der Waals surface area contributed by atoms with Crippen LogP contribution in [0.25, 0.3) is 0 Å². The summed E-state index contributed by atoms with van der Waals surface area (Å²) in [5.41, 5.74) is -5.89. The molecule has 1 unspecified atom stereocenters. The quantitative estimate of drug-likeness (QED) is 0.382. The van der Waals surface area contributed by atoms with E-state index in [9.17, 15) is 35.6 Å². The van der Waals surface area contributed by atoms with Crippen LogP contribution in [0.4, 0.5) is 28.0 Å². The first kappa shape index (κ1) is 27.9. The van der Waals surface area contributed by atoms with Crippen molar-refractivity contribution < 1.29 is 45.1 Å². The van der Waals surface area contributed by atoms with Gasteiger partial charge in [0.15, 0.2) is 5.71 Å². The fourth-order valence-electron chi connectivity index (χ4n) is 3.87. The molecule has 1 aliphatic rings. The molecule has 0 saturated carbocycles. The number of hydrogen-bond donors (Lipinski definition) is 0. The fourth-order valence-corrected chi connectivity index (χ4v) is 4.76. The first-order valence-electron chi connectivity index (χ1n) is 10.9. The van der Waals surface area contributed by atoms with Gasteiger partial charge in [-0.05, 0) is 42.7 Å². The summed E-state index contributed by atoms with van der Waals surface area (Å²) in [5.74, 6) is -1.63. The van der Waals surface area contributed by atoms with Gasteiger partial charge in [-0.1, -0.05) is 35.5 Å². The van der Waals surface area contributed by atoms with Crippen LogP contribution in [0.1, 0.15) is 30.4 Å². The van der Waals surface area contributed by atoms with Crippen LogP contribution in [-0.2, 0) is 30.9 Å². The fraction of sp³-hybridized carbons (Fsp3) is 0.348. The van der Waals surface area contributed by atoms with E-state index >= 15 is 0 Å². The molecule has 1 atom stereocenters. The van der Waals surface area contributed by atoms with E-state index in [0.29, 0.717) is 12.0 Å². The van der Waals surface area contributed by atoms with Gasteiger partial charge in [0, 0.05) is 19.0 Å². The number of nitrogens with zero attached hydrogens (tertiary/aromatic N) is 3. The monoisotopic (exact) mass is 545 g/mol. The van der Waals surface area contributed by atoms with Gasteiger partial charge in [-0.2, -0.15) is 25.9 Å². The topological polar surface area (TPSA) is 106 Å². The summed E-state index contributed by atoms with van der Waals surface area (Å²) in [5, 5.41) is 3.82. The molecule has 14 heteroatoms. The Hall–Kier alpha value is -3.68. The summed E-state index contributed by atoms with van der Waals surface area (Å²) in [6.07, 6.45) is -1.43. The predicted octanol–water partition coefficient (Wildman–Crippen LogP) is 4.16. The van der Waals surface area contributed by atoms with Crippen molar-refractivity contribution >= 4 is 33.4 Å². The van der Waals surface area contributed by atoms with E-state index in [1.54, 1.807) is 0 Å². The summed E-state index contributed by atoms with van der Waals surface area (Å²) in [6.45, 7) is 0.681. The number of amides is 2. The standard InChI is InChI=1S/C23H23F4N3O6S/c1-3-36-22(32)30(37(33,34)23(25,26)27)19-7-5-4-6-16(19)14-29-13-12-18(20(21(29)31)28-35-2)15-8-10-17(24)11-9-15/h4-11,18H,3,12-14H2,1-2H3/b28-20+. The number of sulfonamides is 1. The normalized spacial score (nSPS) is 17.6. The molecule has 1 saturated heterocycles. The lowest BCUT2D eigenvalue weighted by atomic mass is 9.87. The molecule has 0 aliphatic carbocycles. The van der Waals surface area contributed by atoms with Crippen molar-refractivity contribution in [2.75, 3.05) is 24.6 Å². The Labute approximate surface area is 210 Å². The van der Waals surface area contributed by atoms with Crippen LogP contribution in [0.15, 0.2) is 53.7 Å². The van der Waals surface area contributed by atoms with Gasteiger partial charge >= 0.3 is 21.6 Å². The molecule has 2 aromatic rings. The SMILES string of the molecule is CCOC(=O)N(c1ccccc1CN1CCC(c2ccc(F)cc2)/C(=N\OC)C1=O)S(=O)(=O)C(F)(F)F. The number of benzene rings is 2. The van der Waals surface area contributed by atoms with Crippen molar-refractivity contribution in [3.63, 3.8) is 0 Å². The van der Waals surface area contributed by atoms with Crippen molar-refractivity contribution in [3.8, 4) is 0 Å². The molecule has 1 heterocycles. The number of anilines is 1. The van der Waals surface area contributed by atoms with Crippen LogP contribution in [0.3, 0.4) is 0 Å². The third kappa shape index (κ3) is 5.84. The molecule has 0 spiro atoms. The first-order chi connectivity index (χ1) is 17.4. The average molecular weight is 546 g/mol. The minimum atomic E-state index is -6.18. The van der Waals surface area contributed by atoms with E-state index in [1.807, 2.05) is 0 Å². The molecule has 9 nitrogen and oxygen atoms in total. The summed E-state index contributed by atoms with van der Waals surface area (Å²) in [7, 11) is -4.94.